The summed E-state index contributed by atoms with van der Waals surface area (Å²) in [5.41, 5.74) is 1.66. The molecule has 1 N–H and O–H groups in total. The van der Waals surface area contributed by atoms with Crippen molar-refractivity contribution in [1.82, 2.24) is 0 Å². The number of methoxy groups -OCH3 is 3. The lowest BCUT2D eigenvalue weighted by Gasteiger charge is -2.57. The molecule has 9 heteroatoms. The Kier molecular flexibility index (Phi) is 10.3. The number of rotatable bonds is 10. The molecular formula is C34H54O9. The number of ether oxygens (including phenoxy) is 6. The average molecular weight is 607 g/mol. The molecule has 0 aromatic rings. The molecule has 0 aromatic carbocycles. The highest BCUT2D eigenvalue weighted by atomic mass is 16.7. The van der Waals surface area contributed by atoms with E-state index in [0.717, 1.165) is 31.3 Å². The second-order valence-electron chi connectivity index (χ2n) is 14.4. The van der Waals surface area contributed by atoms with E-state index >= 15 is 0 Å². The van der Waals surface area contributed by atoms with Crippen molar-refractivity contribution in [3.05, 3.63) is 23.3 Å². The van der Waals surface area contributed by atoms with Crippen LogP contribution in [0.25, 0.3) is 0 Å². The summed E-state index contributed by atoms with van der Waals surface area (Å²) in [6, 6.07) is 0. The standard InChI is InChI=1S/C34H54O9/c1-20(16-28(35)32(3,4)41-19-38-7)21(2)25-12-13-26-24-11-10-22-17-23(42-30(36)39-8)18-29(43-31(37)40-9)34(22,6)27(24)14-15-33(25,26)5/h10-11,20-21,23,25-29,35H,12-19H2,1-9H3/t20-,21+,23+,25+,26-,27-,28-,29-,33+,34-/m0/s1. The molecule has 9 nitrogen and oxygen atoms in total. The van der Waals surface area contributed by atoms with Crippen molar-refractivity contribution in [2.45, 2.75) is 110 Å². The van der Waals surface area contributed by atoms with Crippen molar-refractivity contribution >= 4 is 12.3 Å². The first-order valence-corrected chi connectivity index (χ1v) is 15.9. The lowest BCUT2D eigenvalue weighted by atomic mass is 9.49. The smallest absolute Gasteiger partial charge is 0.438 e. The van der Waals surface area contributed by atoms with Crippen LogP contribution in [0.1, 0.15) is 86.5 Å². The number of aliphatic hydroxyl groups excluding tert-OH is 1. The summed E-state index contributed by atoms with van der Waals surface area (Å²) in [6.07, 6.45) is 7.55. The molecule has 0 aromatic heterocycles. The van der Waals surface area contributed by atoms with Crippen LogP contribution in [0.4, 0.5) is 9.59 Å². The summed E-state index contributed by atoms with van der Waals surface area (Å²) in [7, 11) is 4.20. The van der Waals surface area contributed by atoms with Crippen LogP contribution in [0.2, 0.25) is 0 Å². The van der Waals surface area contributed by atoms with Crippen LogP contribution in [-0.4, -0.2) is 69.5 Å². The first-order chi connectivity index (χ1) is 20.2. The van der Waals surface area contributed by atoms with E-state index in [1.54, 1.807) is 7.11 Å². The maximum absolute atomic E-state index is 12.4. The molecule has 4 aliphatic carbocycles. The van der Waals surface area contributed by atoms with Crippen LogP contribution >= 0.6 is 0 Å². The maximum Gasteiger partial charge on any atom is 0.508 e. The summed E-state index contributed by atoms with van der Waals surface area (Å²) in [6.45, 7) is 13.3. The number of carbonyl (C=O) groups excluding carboxylic acids is 2. The lowest BCUT2D eigenvalue weighted by Crippen LogP contribution is -2.54. The summed E-state index contributed by atoms with van der Waals surface area (Å²) in [5, 5.41) is 11.1. The number of hydrogen-bond acceptors (Lipinski definition) is 9. The van der Waals surface area contributed by atoms with Gasteiger partial charge in [0.05, 0.1) is 25.9 Å². The Labute approximate surface area is 257 Å². The van der Waals surface area contributed by atoms with Crippen molar-refractivity contribution in [1.29, 1.82) is 0 Å². The maximum atomic E-state index is 12.4. The molecule has 0 unspecified atom stereocenters. The van der Waals surface area contributed by atoms with E-state index in [0.29, 0.717) is 42.9 Å². The molecule has 244 valence electrons. The van der Waals surface area contributed by atoms with Gasteiger partial charge in [0.15, 0.2) is 0 Å². The van der Waals surface area contributed by atoms with Crippen LogP contribution in [0, 0.1) is 40.4 Å². The fourth-order valence-electron chi connectivity index (χ4n) is 9.07. The minimum atomic E-state index is -0.731. The highest BCUT2D eigenvalue weighted by Crippen LogP contribution is 2.66. The molecule has 0 heterocycles. The predicted octanol–water partition coefficient (Wildman–Crippen LogP) is 6.82. The molecule has 0 aliphatic heterocycles. The van der Waals surface area contributed by atoms with E-state index in [1.165, 1.54) is 19.8 Å². The molecule has 0 amide bonds. The number of allylic oxidation sites excluding steroid dienone is 3. The Morgan fingerprint density at radius 2 is 1.67 bits per heavy atom. The van der Waals surface area contributed by atoms with Crippen LogP contribution in [-0.2, 0) is 28.4 Å². The van der Waals surface area contributed by atoms with E-state index in [4.69, 9.17) is 28.4 Å². The number of fused-ring (bicyclic) bond motifs is 5. The van der Waals surface area contributed by atoms with E-state index in [-0.39, 0.29) is 18.1 Å². The third-order valence-corrected chi connectivity index (χ3v) is 12.0. The van der Waals surface area contributed by atoms with Gasteiger partial charge in [-0.1, -0.05) is 51.0 Å². The third-order valence-electron chi connectivity index (χ3n) is 12.0. The zero-order chi connectivity index (χ0) is 31.7. The first kappa shape index (κ1) is 33.8. The first-order valence-electron chi connectivity index (χ1n) is 15.9. The van der Waals surface area contributed by atoms with Crippen molar-refractivity contribution in [3.63, 3.8) is 0 Å². The predicted molar refractivity (Wildman–Crippen MR) is 161 cm³/mol. The summed E-state index contributed by atoms with van der Waals surface area (Å²) >= 11 is 0. The number of hydrogen-bond donors (Lipinski definition) is 1. The Balaban J connectivity index is 1.56. The Bertz CT molecular complexity index is 1080. The Hall–Kier alpha value is -2.10. The van der Waals surface area contributed by atoms with Gasteiger partial charge in [0, 0.05) is 25.4 Å². The highest BCUT2D eigenvalue weighted by Gasteiger charge is 2.60. The van der Waals surface area contributed by atoms with Crippen LogP contribution in [0.5, 0.6) is 0 Å². The van der Waals surface area contributed by atoms with Gasteiger partial charge < -0.3 is 33.5 Å². The molecule has 0 saturated heterocycles. The van der Waals surface area contributed by atoms with Crippen LogP contribution in [0.3, 0.4) is 0 Å². The monoisotopic (exact) mass is 606 g/mol. The summed E-state index contributed by atoms with van der Waals surface area (Å²) in [5.74, 6) is 1.97. The van der Waals surface area contributed by atoms with Gasteiger partial charge in [-0.3, -0.25) is 0 Å². The molecule has 10 atom stereocenters. The normalized spacial score (nSPS) is 35.6. The lowest BCUT2D eigenvalue weighted by molar-refractivity contribution is -0.164. The van der Waals surface area contributed by atoms with Gasteiger partial charge in [-0.25, -0.2) is 9.59 Å². The molecule has 3 fully saturated rings. The van der Waals surface area contributed by atoms with Crippen molar-refractivity contribution < 1.29 is 43.1 Å². The molecule has 0 radical (unpaired) electrons. The van der Waals surface area contributed by atoms with Gasteiger partial charge in [0.2, 0.25) is 0 Å². The SMILES string of the molecule is COCOC(C)(C)[C@@H](O)C[C@H](C)[C@@H](C)[C@H]1CC[C@H]2C3=CC=C4C[C@@H](OC(=O)OC)C[C@H](OC(=O)OC)[C@]4(C)[C@H]3CC[C@]12C. The Morgan fingerprint density at radius 3 is 2.33 bits per heavy atom. The molecule has 4 rings (SSSR count). The van der Waals surface area contributed by atoms with E-state index in [2.05, 4.69) is 39.8 Å². The van der Waals surface area contributed by atoms with Gasteiger partial charge in [-0.15, -0.1) is 0 Å². The van der Waals surface area contributed by atoms with Crippen molar-refractivity contribution in [3.8, 4) is 0 Å². The topological polar surface area (TPSA) is 110 Å². The molecule has 43 heavy (non-hydrogen) atoms. The number of carbonyl (C=O) groups is 2. The molecular weight excluding hydrogens is 552 g/mol. The second kappa shape index (κ2) is 13.1. The van der Waals surface area contributed by atoms with Crippen LogP contribution < -0.4 is 0 Å². The third kappa shape index (κ3) is 6.36. The van der Waals surface area contributed by atoms with Crippen molar-refractivity contribution in [2.75, 3.05) is 28.1 Å². The zero-order valence-electron chi connectivity index (χ0n) is 27.6. The quantitative estimate of drug-likeness (QED) is 0.212. The minimum absolute atomic E-state index is 0.147. The zero-order valence-corrected chi connectivity index (χ0v) is 27.6. The average Bonchev–Trinajstić information content (AvgIpc) is 3.33. The van der Waals surface area contributed by atoms with Crippen molar-refractivity contribution in [2.24, 2.45) is 40.4 Å². The highest BCUT2D eigenvalue weighted by molar-refractivity contribution is 5.61. The molecule has 0 spiro atoms. The molecule has 0 bridgehead atoms. The Morgan fingerprint density at radius 1 is 1.00 bits per heavy atom. The van der Waals surface area contributed by atoms with Gasteiger partial charge in [0.25, 0.3) is 0 Å². The van der Waals surface area contributed by atoms with Gasteiger partial charge in [-0.2, -0.15) is 0 Å². The molecule has 4 aliphatic rings. The summed E-state index contributed by atoms with van der Waals surface area (Å²) in [4.78, 5) is 24.3. The fraction of sp³-hybridized carbons (Fsp3) is 0.824. The number of aliphatic hydroxyl groups is 1. The fourth-order valence-corrected chi connectivity index (χ4v) is 9.07. The summed E-state index contributed by atoms with van der Waals surface area (Å²) < 4.78 is 32.0. The minimum Gasteiger partial charge on any atom is -0.438 e. The second-order valence-corrected chi connectivity index (χ2v) is 14.4. The van der Waals surface area contributed by atoms with Gasteiger partial charge in [-0.05, 0) is 81.0 Å². The van der Waals surface area contributed by atoms with E-state index < -0.39 is 41.6 Å². The van der Waals surface area contributed by atoms with Crippen LogP contribution in [0.15, 0.2) is 23.3 Å². The van der Waals surface area contributed by atoms with E-state index in [1.807, 2.05) is 13.8 Å². The van der Waals surface area contributed by atoms with Gasteiger partial charge in [0.1, 0.15) is 19.0 Å². The van der Waals surface area contributed by atoms with E-state index in [9.17, 15) is 14.7 Å². The largest absolute Gasteiger partial charge is 0.508 e. The molecule has 3 saturated carbocycles. The van der Waals surface area contributed by atoms with Gasteiger partial charge >= 0.3 is 12.3 Å².